The van der Waals surface area contributed by atoms with Gasteiger partial charge in [0, 0.05) is 44.7 Å². The van der Waals surface area contributed by atoms with Gasteiger partial charge in [0.25, 0.3) is 0 Å². The van der Waals surface area contributed by atoms with Crippen LogP contribution in [0, 0.1) is 5.92 Å². The number of piperidine rings is 1. The Hall–Kier alpha value is -2.09. The Kier molecular flexibility index (Phi) is 4.49. The van der Waals surface area contributed by atoms with Crippen molar-refractivity contribution >= 4 is 5.82 Å². The Bertz CT molecular complexity index is 688. The van der Waals surface area contributed by atoms with Gasteiger partial charge in [-0.25, -0.2) is 9.97 Å². The Balaban J connectivity index is 1.77. The summed E-state index contributed by atoms with van der Waals surface area (Å²) < 4.78 is 39.6. The van der Waals surface area contributed by atoms with Crippen LogP contribution < -0.4 is 4.90 Å². The van der Waals surface area contributed by atoms with Gasteiger partial charge in [-0.05, 0) is 30.9 Å². The van der Waals surface area contributed by atoms with Gasteiger partial charge in [-0.15, -0.1) is 0 Å². The second kappa shape index (κ2) is 6.43. The monoisotopic (exact) mass is 340 g/mol. The van der Waals surface area contributed by atoms with Crippen LogP contribution in [0.2, 0.25) is 0 Å². The third-order valence-electron chi connectivity index (χ3n) is 4.37. The molecule has 0 saturated carbocycles. The molecule has 1 aliphatic rings. The molecule has 0 bridgehead atoms. The zero-order valence-electron chi connectivity index (χ0n) is 13.3. The van der Waals surface area contributed by atoms with E-state index in [1.807, 2.05) is 0 Å². The SMILES string of the molecule is Cn1cc(C(F)(F)F)nc1-c1ccc(N2CCC(CO)CC2)nc1. The summed E-state index contributed by atoms with van der Waals surface area (Å²) in [7, 11) is 1.53. The van der Waals surface area contributed by atoms with E-state index >= 15 is 0 Å². The van der Waals surface area contributed by atoms with Crippen LogP contribution in [0.25, 0.3) is 11.4 Å². The van der Waals surface area contributed by atoms with Crippen molar-refractivity contribution in [1.29, 1.82) is 0 Å². The maximum Gasteiger partial charge on any atom is 0.434 e. The van der Waals surface area contributed by atoms with Crippen LogP contribution in [0.15, 0.2) is 24.5 Å². The zero-order chi connectivity index (χ0) is 17.3. The minimum Gasteiger partial charge on any atom is -0.396 e. The average molecular weight is 340 g/mol. The fraction of sp³-hybridized carbons (Fsp3) is 0.500. The van der Waals surface area contributed by atoms with Gasteiger partial charge >= 0.3 is 6.18 Å². The van der Waals surface area contributed by atoms with Crippen LogP contribution in [-0.4, -0.2) is 39.3 Å². The highest BCUT2D eigenvalue weighted by Crippen LogP contribution is 2.31. The van der Waals surface area contributed by atoms with Gasteiger partial charge in [0.15, 0.2) is 5.69 Å². The summed E-state index contributed by atoms with van der Waals surface area (Å²) in [4.78, 5) is 10.2. The van der Waals surface area contributed by atoms with Crippen molar-refractivity contribution in [3.8, 4) is 11.4 Å². The normalized spacial score (nSPS) is 16.6. The van der Waals surface area contributed by atoms with E-state index in [0.29, 0.717) is 11.5 Å². The van der Waals surface area contributed by atoms with Gasteiger partial charge in [0.2, 0.25) is 0 Å². The summed E-state index contributed by atoms with van der Waals surface area (Å²) >= 11 is 0. The third kappa shape index (κ3) is 3.38. The number of imidazole rings is 1. The predicted octanol–water partition coefficient (Wildman–Crippen LogP) is 2.71. The molecule has 1 saturated heterocycles. The second-order valence-corrected chi connectivity index (χ2v) is 6.08. The molecular formula is C16H19F3N4O. The van der Waals surface area contributed by atoms with Gasteiger partial charge in [-0.1, -0.05) is 0 Å². The van der Waals surface area contributed by atoms with Crippen LogP contribution in [0.5, 0.6) is 0 Å². The number of pyridine rings is 1. The molecule has 0 atom stereocenters. The Morgan fingerprint density at radius 1 is 1.25 bits per heavy atom. The number of aromatic nitrogens is 3. The van der Waals surface area contributed by atoms with Crippen LogP contribution in [0.4, 0.5) is 19.0 Å². The number of aliphatic hydroxyl groups is 1. The van der Waals surface area contributed by atoms with Gasteiger partial charge in [0.05, 0.1) is 0 Å². The first-order valence-electron chi connectivity index (χ1n) is 7.81. The standard InChI is InChI=1S/C16H19F3N4O/c1-22-9-13(16(17,18)19)21-15(22)12-2-3-14(20-8-12)23-6-4-11(10-24)5-7-23/h2-3,8-9,11,24H,4-7,10H2,1H3. The minimum absolute atomic E-state index is 0.209. The summed E-state index contributed by atoms with van der Waals surface area (Å²) in [6.07, 6.45) is -0.109. The van der Waals surface area contributed by atoms with Crippen molar-refractivity contribution < 1.29 is 18.3 Å². The molecule has 130 valence electrons. The molecule has 0 radical (unpaired) electrons. The number of alkyl halides is 3. The van der Waals surface area contributed by atoms with Crippen LogP contribution in [0.1, 0.15) is 18.5 Å². The van der Waals surface area contributed by atoms with Crippen LogP contribution in [0.3, 0.4) is 0 Å². The number of nitrogens with zero attached hydrogens (tertiary/aromatic N) is 4. The van der Waals surface area contributed by atoms with Crippen molar-refractivity contribution in [2.45, 2.75) is 19.0 Å². The van der Waals surface area contributed by atoms with E-state index in [1.54, 1.807) is 18.3 Å². The summed E-state index contributed by atoms with van der Waals surface area (Å²) in [6, 6.07) is 3.54. The van der Waals surface area contributed by atoms with Crippen molar-refractivity contribution in [1.82, 2.24) is 14.5 Å². The lowest BCUT2D eigenvalue weighted by atomic mass is 9.98. The minimum atomic E-state index is -4.46. The number of hydrogen-bond donors (Lipinski definition) is 1. The fourth-order valence-corrected chi connectivity index (χ4v) is 2.92. The van der Waals surface area contributed by atoms with Gasteiger partial charge in [-0.3, -0.25) is 0 Å². The lowest BCUT2D eigenvalue weighted by Crippen LogP contribution is -2.35. The molecule has 2 aromatic heterocycles. The van der Waals surface area contributed by atoms with Crippen LogP contribution in [-0.2, 0) is 13.2 Å². The molecule has 0 aromatic carbocycles. The largest absolute Gasteiger partial charge is 0.434 e. The van der Waals surface area contributed by atoms with Crippen molar-refractivity contribution in [3.05, 3.63) is 30.2 Å². The predicted molar refractivity (Wildman–Crippen MR) is 83.5 cm³/mol. The van der Waals surface area contributed by atoms with E-state index < -0.39 is 11.9 Å². The highest BCUT2D eigenvalue weighted by atomic mass is 19.4. The molecule has 0 unspecified atom stereocenters. The summed E-state index contributed by atoms with van der Waals surface area (Å²) in [5.41, 5.74) is -0.364. The average Bonchev–Trinajstić information content (AvgIpc) is 2.97. The molecule has 8 heteroatoms. The van der Waals surface area contributed by atoms with Crippen LogP contribution >= 0.6 is 0 Å². The summed E-state index contributed by atoms with van der Waals surface area (Å²) in [6.45, 7) is 1.84. The van der Waals surface area contributed by atoms with E-state index in [-0.39, 0.29) is 12.4 Å². The molecule has 2 aromatic rings. The molecule has 3 heterocycles. The third-order valence-corrected chi connectivity index (χ3v) is 4.37. The molecule has 0 aliphatic carbocycles. The van der Waals surface area contributed by atoms with E-state index in [1.165, 1.54) is 11.6 Å². The van der Waals surface area contributed by atoms with E-state index in [4.69, 9.17) is 0 Å². The molecule has 1 fully saturated rings. The van der Waals surface area contributed by atoms with Gasteiger partial charge < -0.3 is 14.6 Å². The molecular weight excluding hydrogens is 321 g/mol. The van der Waals surface area contributed by atoms with Crippen molar-refractivity contribution in [3.63, 3.8) is 0 Å². The number of rotatable bonds is 3. The first-order chi connectivity index (χ1) is 11.4. The van der Waals surface area contributed by atoms with E-state index in [0.717, 1.165) is 37.9 Å². The number of aryl methyl sites for hydroxylation is 1. The highest BCUT2D eigenvalue weighted by molar-refractivity contribution is 5.57. The molecule has 0 spiro atoms. The van der Waals surface area contributed by atoms with E-state index in [2.05, 4.69) is 14.9 Å². The Labute approximate surface area is 137 Å². The molecule has 5 nitrogen and oxygen atoms in total. The maximum atomic E-state index is 12.7. The first kappa shape index (κ1) is 16.8. The summed E-state index contributed by atoms with van der Waals surface area (Å²) in [5.74, 6) is 1.37. The quantitative estimate of drug-likeness (QED) is 0.933. The number of halogens is 3. The van der Waals surface area contributed by atoms with Gasteiger partial charge in [0.1, 0.15) is 11.6 Å². The smallest absolute Gasteiger partial charge is 0.396 e. The molecule has 24 heavy (non-hydrogen) atoms. The Morgan fingerprint density at radius 3 is 2.46 bits per heavy atom. The zero-order valence-corrected chi connectivity index (χ0v) is 13.3. The fourth-order valence-electron chi connectivity index (χ4n) is 2.92. The summed E-state index contributed by atoms with van der Waals surface area (Å²) in [5, 5.41) is 9.17. The molecule has 1 aliphatic heterocycles. The lowest BCUT2D eigenvalue weighted by Gasteiger charge is -2.31. The highest BCUT2D eigenvalue weighted by Gasteiger charge is 2.34. The maximum absolute atomic E-state index is 12.7. The number of hydrogen-bond acceptors (Lipinski definition) is 4. The van der Waals surface area contributed by atoms with Crippen molar-refractivity contribution in [2.75, 3.05) is 24.6 Å². The van der Waals surface area contributed by atoms with E-state index in [9.17, 15) is 18.3 Å². The second-order valence-electron chi connectivity index (χ2n) is 6.08. The van der Waals surface area contributed by atoms with Crippen molar-refractivity contribution in [2.24, 2.45) is 13.0 Å². The van der Waals surface area contributed by atoms with Gasteiger partial charge in [-0.2, -0.15) is 13.2 Å². The first-order valence-corrected chi connectivity index (χ1v) is 7.81. The Morgan fingerprint density at radius 2 is 1.96 bits per heavy atom. The number of anilines is 1. The number of aliphatic hydroxyl groups excluding tert-OH is 1. The lowest BCUT2D eigenvalue weighted by molar-refractivity contribution is -0.140. The molecule has 0 amide bonds. The molecule has 1 N–H and O–H groups in total. The topological polar surface area (TPSA) is 54.2 Å². The molecule has 3 rings (SSSR count).